The van der Waals surface area contributed by atoms with Crippen molar-refractivity contribution in [2.24, 2.45) is 0 Å². The predicted molar refractivity (Wildman–Crippen MR) is 108 cm³/mol. The molecule has 0 spiro atoms. The van der Waals surface area contributed by atoms with Crippen LogP contribution in [-0.2, 0) is 18.0 Å². The number of para-hydroxylation sites is 1. The van der Waals surface area contributed by atoms with Crippen LogP contribution in [0.5, 0.6) is 11.5 Å². The first-order valence-electron chi connectivity index (χ1n) is 9.81. The Labute approximate surface area is 176 Å². The van der Waals surface area contributed by atoms with E-state index in [4.69, 9.17) is 4.74 Å². The van der Waals surface area contributed by atoms with Crippen molar-refractivity contribution in [3.63, 3.8) is 0 Å². The first-order valence-corrected chi connectivity index (χ1v) is 9.81. The molecule has 31 heavy (non-hydrogen) atoms. The number of hydrogen-bond donors (Lipinski definition) is 0. The molecule has 0 radical (unpaired) electrons. The van der Waals surface area contributed by atoms with E-state index in [0.717, 1.165) is 12.1 Å². The normalized spacial score (nSPS) is 15.6. The van der Waals surface area contributed by atoms with Crippen molar-refractivity contribution in [3.05, 3.63) is 107 Å². The Bertz CT molecular complexity index is 1100. The van der Waals surface area contributed by atoms with Gasteiger partial charge in [-0.3, -0.25) is 0 Å². The summed E-state index contributed by atoms with van der Waals surface area (Å²) < 4.78 is 73.3. The van der Waals surface area contributed by atoms with Crippen LogP contribution in [0.1, 0.15) is 29.5 Å². The van der Waals surface area contributed by atoms with Gasteiger partial charge < -0.3 is 4.74 Å². The van der Waals surface area contributed by atoms with E-state index in [1.165, 1.54) is 6.08 Å². The SMILES string of the molecule is F/C(=C/C1(c2ccc(C(F)(F)F)cc2F)CC1)Cc1cccc(Oc2ccccc2)c1. The van der Waals surface area contributed by atoms with Crippen molar-refractivity contribution in [3.8, 4) is 11.5 Å². The number of hydrogen-bond acceptors (Lipinski definition) is 1. The molecule has 0 unspecified atom stereocenters. The maximum absolute atomic E-state index is 14.8. The van der Waals surface area contributed by atoms with Crippen molar-refractivity contribution in [2.45, 2.75) is 30.9 Å². The average molecular weight is 430 g/mol. The van der Waals surface area contributed by atoms with E-state index < -0.39 is 28.8 Å². The number of benzene rings is 3. The lowest BCUT2D eigenvalue weighted by atomic mass is 9.92. The van der Waals surface area contributed by atoms with Crippen LogP contribution < -0.4 is 4.74 Å². The zero-order valence-electron chi connectivity index (χ0n) is 16.4. The van der Waals surface area contributed by atoms with Gasteiger partial charge in [-0.1, -0.05) is 36.4 Å². The van der Waals surface area contributed by atoms with Crippen LogP contribution in [0.2, 0.25) is 0 Å². The Hall–Kier alpha value is -3.15. The third-order valence-electron chi connectivity index (χ3n) is 5.30. The fourth-order valence-electron chi connectivity index (χ4n) is 3.61. The number of allylic oxidation sites excluding steroid dienone is 2. The first kappa shape index (κ1) is 21.1. The van der Waals surface area contributed by atoms with Gasteiger partial charge in [0.25, 0.3) is 0 Å². The molecule has 1 nitrogen and oxygen atoms in total. The molecule has 3 aromatic carbocycles. The molecule has 0 N–H and O–H groups in total. The van der Waals surface area contributed by atoms with Crippen molar-refractivity contribution in [1.29, 1.82) is 0 Å². The monoisotopic (exact) mass is 430 g/mol. The minimum absolute atomic E-state index is 0.0179. The summed E-state index contributed by atoms with van der Waals surface area (Å²) in [5, 5.41) is 0. The fraction of sp³-hybridized carbons (Fsp3) is 0.200. The largest absolute Gasteiger partial charge is 0.457 e. The highest BCUT2D eigenvalue weighted by Gasteiger charge is 2.45. The van der Waals surface area contributed by atoms with Crippen LogP contribution in [0.25, 0.3) is 0 Å². The van der Waals surface area contributed by atoms with Gasteiger partial charge in [0.05, 0.1) is 5.56 Å². The maximum Gasteiger partial charge on any atom is 0.416 e. The molecule has 1 fully saturated rings. The molecule has 0 amide bonds. The van der Waals surface area contributed by atoms with Crippen LogP contribution in [0, 0.1) is 5.82 Å². The van der Waals surface area contributed by atoms with Gasteiger partial charge in [-0.15, -0.1) is 0 Å². The zero-order valence-corrected chi connectivity index (χ0v) is 16.4. The van der Waals surface area contributed by atoms with Gasteiger partial charge in [0, 0.05) is 11.8 Å². The fourth-order valence-corrected chi connectivity index (χ4v) is 3.61. The highest BCUT2D eigenvalue weighted by atomic mass is 19.4. The summed E-state index contributed by atoms with van der Waals surface area (Å²) >= 11 is 0. The molecular formula is C25H19F5O. The summed E-state index contributed by atoms with van der Waals surface area (Å²) in [6.45, 7) is 0. The van der Waals surface area contributed by atoms with E-state index in [1.807, 2.05) is 30.3 Å². The van der Waals surface area contributed by atoms with Crippen LogP contribution in [0.4, 0.5) is 22.0 Å². The minimum Gasteiger partial charge on any atom is -0.457 e. The molecule has 0 atom stereocenters. The lowest BCUT2D eigenvalue weighted by Gasteiger charge is -2.15. The van der Waals surface area contributed by atoms with Crippen molar-refractivity contribution >= 4 is 0 Å². The van der Waals surface area contributed by atoms with Crippen molar-refractivity contribution in [1.82, 2.24) is 0 Å². The standard InChI is InChI=1S/C25H19F5O/c26-19(13-17-5-4-8-21(14-17)31-20-6-2-1-3-7-20)16-24(11-12-24)22-10-9-18(15-23(22)27)25(28,29)30/h1-10,14-16H,11-13H2/b19-16+. The molecule has 0 saturated heterocycles. The van der Waals surface area contributed by atoms with Gasteiger partial charge in [-0.2, -0.15) is 13.2 Å². The highest BCUT2D eigenvalue weighted by Crippen LogP contribution is 2.51. The molecule has 1 aliphatic rings. The number of ether oxygens (including phenoxy) is 1. The summed E-state index contributed by atoms with van der Waals surface area (Å²) in [6.07, 6.45) is -2.33. The molecule has 6 heteroatoms. The molecular weight excluding hydrogens is 411 g/mol. The molecule has 0 heterocycles. The molecule has 1 aliphatic carbocycles. The molecule has 4 rings (SSSR count). The lowest BCUT2D eigenvalue weighted by molar-refractivity contribution is -0.137. The van der Waals surface area contributed by atoms with E-state index in [-0.39, 0.29) is 12.0 Å². The van der Waals surface area contributed by atoms with Crippen LogP contribution in [-0.4, -0.2) is 0 Å². The van der Waals surface area contributed by atoms with Gasteiger partial charge in [0.15, 0.2) is 0 Å². The van der Waals surface area contributed by atoms with E-state index in [0.29, 0.717) is 36.0 Å². The van der Waals surface area contributed by atoms with E-state index in [1.54, 1.807) is 24.3 Å². The van der Waals surface area contributed by atoms with Gasteiger partial charge in [-0.05, 0) is 66.4 Å². The van der Waals surface area contributed by atoms with E-state index in [2.05, 4.69) is 0 Å². The zero-order chi connectivity index (χ0) is 22.1. The van der Waals surface area contributed by atoms with Crippen molar-refractivity contribution < 1.29 is 26.7 Å². The summed E-state index contributed by atoms with van der Waals surface area (Å²) in [5.41, 5.74) is -1.18. The molecule has 1 saturated carbocycles. The van der Waals surface area contributed by atoms with Crippen LogP contribution >= 0.6 is 0 Å². The third-order valence-corrected chi connectivity index (χ3v) is 5.30. The molecule has 0 aliphatic heterocycles. The van der Waals surface area contributed by atoms with E-state index >= 15 is 0 Å². The Morgan fingerprint density at radius 1 is 0.903 bits per heavy atom. The van der Waals surface area contributed by atoms with Gasteiger partial charge >= 0.3 is 6.18 Å². The van der Waals surface area contributed by atoms with E-state index in [9.17, 15) is 22.0 Å². The summed E-state index contributed by atoms with van der Waals surface area (Å²) in [6, 6.07) is 18.6. The second kappa shape index (κ2) is 8.17. The number of alkyl halides is 3. The molecule has 3 aromatic rings. The Balaban J connectivity index is 1.51. The summed E-state index contributed by atoms with van der Waals surface area (Å²) in [4.78, 5) is 0. The van der Waals surface area contributed by atoms with Crippen LogP contribution in [0.15, 0.2) is 84.7 Å². The smallest absolute Gasteiger partial charge is 0.416 e. The average Bonchev–Trinajstić information content (AvgIpc) is 3.48. The van der Waals surface area contributed by atoms with Crippen molar-refractivity contribution in [2.75, 3.05) is 0 Å². The summed E-state index contributed by atoms with van der Waals surface area (Å²) in [7, 11) is 0. The molecule has 0 aromatic heterocycles. The summed E-state index contributed by atoms with van der Waals surface area (Å²) in [5.74, 6) is -0.208. The Morgan fingerprint density at radius 3 is 2.26 bits per heavy atom. The van der Waals surface area contributed by atoms with Gasteiger partial charge in [0.2, 0.25) is 0 Å². The quantitative estimate of drug-likeness (QED) is 0.363. The second-order valence-electron chi connectivity index (χ2n) is 7.68. The second-order valence-corrected chi connectivity index (χ2v) is 7.68. The third kappa shape index (κ3) is 4.95. The molecule has 0 bridgehead atoms. The maximum atomic E-state index is 14.8. The Kier molecular flexibility index (Phi) is 5.56. The van der Waals surface area contributed by atoms with Crippen LogP contribution in [0.3, 0.4) is 0 Å². The number of rotatable bonds is 6. The Morgan fingerprint density at radius 2 is 1.61 bits per heavy atom. The highest BCUT2D eigenvalue weighted by molar-refractivity contribution is 5.42. The van der Waals surface area contributed by atoms with Gasteiger partial charge in [0.1, 0.15) is 23.1 Å². The topological polar surface area (TPSA) is 9.23 Å². The number of halogens is 5. The molecule has 160 valence electrons. The predicted octanol–water partition coefficient (Wildman–Crippen LogP) is 7.76. The first-order chi connectivity index (χ1) is 14.7. The van der Waals surface area contributed by atoms with Gasteiger partial charge in [-0.25, -0.2) is 8.78 Å². The lowest BCUT2D eigenvalue weighted by Crippen LogP contribution is -2.11. The minimum atomic E-state index is -4.62.